The zero-order valence-electron chi connectivity index (χ0n) is 12.1. The molecular weight excluding hydrogens is 250 g/mol. The number of aromatic hydroxyl groups is 1. The summed E-state index contributed by atoms with van der Waals surface area (Å²) in [5.74, 6) is 1.35. The summed E-state index contributed by atoms with van der Waals surface area (Å²) in [6.45, 7) is 7.13. The molecule has 106 valence electrons. The lowest BCUT2D eigenvalue weighted by molar-refractivity contribution is 0.142. The van der Waals surface area contributed by atoms with Crippen LogP contribution in [0, 0.1) is 0 Å². The van der Waals surface area contributed by atoms with Gasteiger partial charge in [0.25, 0.3) is 0 Å². The summed E-state index contributed by atoms with van der Waals surface area (Å²) >= 11 is 0. The van der Waals surface area contributed by atoms with E-state index in [1.165, 1.54) is 5.56 Å². The van der Waals surface area contributed by atoms with Gasteiger partial charge in [-0.25, -0.2) is 0 Å². The second-order valence-electron chi connectivity index (χ2n) is 6.02. The van der Waals surface area contributed by atoms with Gasteiger partial charge in [0.1, 0.15) is 17.1 Å². The standard InChI is InChI=1S/C17H21NO2/c1-4-8-17(2)11-16-13(7-9-18(17)3)14-10-12(19)5-6-15(14)20-16/h4-6,10,19H,1,7-9,11H2,2-3H3. The van der Waals surface area contributed by atoms with Gasteiger partial charge in [0.05, 0.1) is 0 Å². The quantitative estimate of drug-likeness (QED) is 0.849. The number of hydrogen-bond acceptors (Lipinski definition) is 3. The molecule has 0 radical (unpaired) electrons. The molecule has 3 nitrogen and oxygen atoms in total. The Kier molecular flexibility index (Phi) is 3.09. The Balaban J connectivity index is 2.11. The van der Waals surface area contributed by atoms with E-state index in [1.807, 2.05) is 18.2 Å². The van der Waals surface area contributed by atoms with Crippen LogP contribution < -0.4 is 0 Å². The van der Waals surface area contributed by atoms with Crippen molar-refractivity contribution >= 4 is 11.0 Å². The third kappa shape index (κ3) is 2.02. The molecule has 2 heterocycles. The van der Waals surface area contributed by atoms with E-state index in [-0.39, 0.29) is 5.54 Å². The zero-order valence-corrected chi connectivity index (χ0v) is 12.1. The number of rotatable bonds is 2. The second-order valence-corrected chi connectivity index (χ2v) is 6.02. The van der Waals surface area contributed by atoms with Crippen molar-refractivity contribution < 1.29 is 9.52 Å². The Morgan fingerprint density at radius 2 is 2.30 bits per heavy atom. The number of benzene rings is 1. The number of phenols is 1. The summed E-state index contributed by atoms with van der Waals surface area (Å²) in [4.78, 5) is 2.39. The van der Waals surface area contributed by atoms with E-state index in [0.717, 1.165) is 42.5 Å². The largest absolute Gasteiger partial charge is 0.508 e. The Bertz CT molecular complexity index is 658. The van der Waals surface area contributed by atoms with Gasteiger partial charge in [-0.1, -0.05) is 6.08 Å². The highest BCUT2D eigenvalue weighted by Crippen LogP contribution is 2.36. The number of likely N-dealkylation sites (N-methyl/N-ethyl adjacent to an activating group) is 1. The minimum atomic E-state index is 0.0446. The maximum atomic E-state index is 9.69. The van der Waals surface area contributed by atoms with Crippen molar-refractivity contribution in [3.63, 3.8) is 0 Å². The molecule has 20 heavy (non-hydrogen) atoms. The predicted octanol–water partition coefficient (Wildman–Crippen LogP) is 3.50. The SMILES string of the molecule is C=CCC1(C)Cc2oc3ccc(O)cc3c2CCN1C. The van der Waals surface area contributed by atoms with Crippen molar-refractivity contribution in [3.05, 3.63) is 42.2 Å². The molecule has 0 aliphatic carbocycles. The average Bonchev–Trinajstić information content (AvgIpc) is 2.66. The fraction of sp³-hybridized carbons (Fsp3) is 0.412. The first kappa shape index (κ1) is 13.3. The molecule has 1 aromatic carbocycles. The zero-order chi connectivity index (χ0) is 14.3. The molecule has 1 aromatic heterocycles. The van der Waals surface area contributed by atoms with Crippen molar-refractivity contribution in [2.45, 2.75) is 31.7 Å². The molecular formula is C17H21NO2. The van der Waals surface area contributed by atoms with Gasteiger partial charge in [0.15, 0.2) is 0 Å². The highest BCUT2D eigenvalue weighted by molar-refractivity contribution is 5.84. The smallest absolute Gasteiger partial charge is 0.134 e. The third-order valence-electron chi connectivity index (χ3n) is 4.60. The van der Waals surface area contributed by atoms with Gasteiger partial charge < -0.3 is 9.52 Å². The lowest BCUT2D eigenvalue weighted by Gasteiger charge is -2.36. The second kappa shape index (κ2) is 4.67. The maximum absolute atomic E-state index is 9.69. The number of fused-ring (bicyclic) bond motifs is 3. The Morgan fingerprint density at radius 3 is 3.05 bits per heavy atom. The van der Waals surface area contributed by atoms with E-state index in [4.69, 9.17) is 4.42 Å². The molecule has 1 N–H and O–H groups in total. The highest BCUT2D eigenvalue weighted by atomic mass is 16.3. The lowest BCUT2D eigenvalue weighted by Crippen LogP contribution is -2.44. The molecule has 0 fully saturated rings. The minimum absolute atomic E-state index is 0.0446. The molecule has 3 heteroatoms. The van der Waals surface area contributed by atoms with Crippen molar-refractivity contribution in [2.24, 2.45) is 0 Å². The van der Waals surface area contributed by atoms with Gasteiger partial charge in [-0.15, -0.1) is 6.58 Å². The molecule has 2 aromatic rings. The first-order valence-electron chi connectivity index (χ1n) is 7.09. The number of furan rings is 1. The van der Waals surface area contributed by atoms with Crippen LogP contribution in [0.1, 0.15) is 24.7 Å². The summed E-state index contributed by atoms with van der Waals surface area (Å²) in [5, 5.41) is 10.7. The van der Waals surface area contributed by atoms with Crippen LogP contribution in [0.25, 0.3) is 11.0 Å². The van der Waals surface area contributed by atoms with Gasteiger partial charge in [0.2, 0.25) is 0 Å². The molecule has 3 rings (SSSR count). The molecule has 0 spiro atoms. The summed E-state index contributed by atoms with van der Waals surface area (Å²) in [5.41, 5.74) is 2.16. The van der Waals surface area contributed by atoms with E-state index in [2.05, 4.69) is 25.5 Å². The molecule has 1 atom stereocenters. The molecule has 0 amide bonds. The maximum Gasteiger partial charge on any atom is 0.134 e. The average molecular weight is 271 g/mol. The van der Waals surface area contributed by atoms with Crippen molar-refractivity contribution in [3.8, 4) is 5.75 Å². The van der Waals surface area contributed by atoms with Crippen LogP contribution in [0.5, 0.6) is 5.75 Å². The number of phenolic OH excluding ortho intramolecular Hbond substituents is 1. The van der Waals surface area contributed by atoms with Gasteiger partial charge >= 0.3 is 0 Å². The first-order valence-corrected chi connectivity index (χ1v) is 7.09. The van der Waals surface area contributed by atoms with E-state index >= 15 is 0 Å². The van der Waals surface area contributed by atoms with Crippen LogP contribution in [0.3, 0.4) is 0 Å². The fourth-order valence-electron chi connectivity index (χ4n) is 3.17. The molecule has 0 saturated heterocycles. The van der Waals surface area contributed by atoms with Crippen molar-refractivity contribution in [2.75, 3.05) is 13.6 Å². The van der Waals surface area contributed by atoms with E-state index in [0.29, 0.717) is 5.75 Å². The molecule has 1 unspecified atom stereocenters. The monoisotopic (exact) mass is 271 g/mol. The van der Waals surface area contributed by atoms with E-state index in [1.54, 1.807) is 6.07 Å². The summed E-state index contributed by atoms with van der Waals surface area (Å²) in [7, 11) is 2.16. The lowest BCUT2D eigenvalue weighted by atomic mass is 9.91. The van der Waals surface area contributed by atoms with Crippen LogP contribution in [0.4, 0.5) is 0 Å². The molecule has 1 aliphatic rings. The topological polar surface area (TPSA) is 36.6 Å². The Labute approximate surface area is 119 Å². The Hall–Kier alpha value is -1.74. The van der Waals surface area contributed by atoms with E-state index in [9.17, 15) is 5.11 Å². The number of nitrogens with zero attached hydrogens (tertiary/aromatic N) is 1. The van der Waals surface area contributed by atoms with Crippen LogP contribution in [-0.4, -0.2) is 29.1 Å². The third-order valence-corrected chi connectivity index (χ3v) is 4.60. The Morgan fingerprint density at radius 1 is 1.50 bits per heavy atom. The van der Waals surface area contributed by atoms with Crippen LogP contribution >= 0.6 is 0 Å². The summed E-state index contributed by atoms with van der Waals surface area (Å²) in [6.07, 6.45) is 4.75. The van der Waals surface area contributed by atoms with E-state index < -0.39 is 0 Å². The summed E-state index contributed by atoms with van der Waals surface area (Å²) in [6, 6.07) is 5.35. The van der Waals surface area contributed by atoms with Gasteiger partial charge in [-0.3, -0.25) is 4.90 Å². The van der Waals surface area contributed by atoms with Gasteiger partial charge in [0, 0.05) is 29.5 Å². The van der Waals surface area contributed by atoms with Crippen molar-refractivity contribution in [1.82, 2.24) is 4.90 Å². The van der Waals surface area contributed by atoms with Crippen LogP contribution in [-0.2, 0) is 12.8 Å². The van der Waals surface area contributed by atoms with Crippen molar-refractivity contribution in [1.29, 1.82) is 0 Å². The van der Waals surface area contributed by atoms with Gasteiger partial charge in [-0.05, 0) is 45.0 Å². The van der Waals surface area contributed by atoms with Crippen LogP contribution in [0.2, 0.25) is 0 Å². The normalized spacial score (nSPS) is 23.5. The van der Waals surface area contributed by atoms with Crippen LogP contribution in [0.15, 0.2) is 35.3 Å². The fourth-order valence-corrected chi connectivity index (χ4v) is 3.17. The number of hydrogen-bond donors (Lipinski definition) is 1. The predicted molar refractivity (Wildman–Crippen MR) is 81.1 cm³/mol. The van der Waals surface area contributed by atoms with Gasteiger partial charge in [-0.2, -0.15) is 0 Å². The first-order chi connectivity index (χ1) is 9.53. The molecule has 0 bridgehead atoms. The highest BCUT2D eigenvalue weighted by Gasteiger charge is 2.34. The summed E-state index contributed by atoms with van der Waals surface area (Å²) < 4.78 is 6.04. The molecule has 0 saturated carbocycles. The minimum Gasteiger partial charge on any atom is -0.508 e. The molecule has 1 aliphatic heterocycles.